The van der Waals surface area contributed by atoms with Gasteiger partial charge < -0.3 is 20.7 Å². The molecule has 10 heteroatoms. The van der Waals surface area contributed by atoms with Gasteiger partial charge in [0.1, 0.15) is 6.54 Å². The molecular weight excluding hydrogens is 469 g/mol. The second-order valence-corrected chi connectivity index (χ2v) is 8.38. The number of nitrogens with one attached hydrogen (secondary N) is 3. The highest BCUT2D eigenvalue weighted by atomic mass is 35.5. The molecule has 1 atom stereocenters. The lowest BCUT2D eigenvalue weighted by Gasteiger charge is -2.18. The summed E-state index contributed by atoms with van der Waals surface area (Å²) in [5.74, 6) is -1.97. The van der Waals surface area contributed by atoms with Gasteiger partial charge in [-0.15, -0.1) is 0 Å². The second kappa shape index (κ2) is 11.7. The molecule has 1 aliphatic carbocycles. The minimum atomic E-state index is -0.770. The summed E-state index contributed by atoms with van der Waals surface area (Å²) in [5, 5.41) is 8.14. The summed E-state index contributed by atoms with van der Waals surface area (Å²) < 4.78 is 4.93. The van der Waals surface area contributed by atoms with Crippen LogP contribution in [0.3, 0.4) is 0 Å². The van der Waals surface area contributed by atoms with Crippen LogP contribution in [-0.2, 0) is 19.1 Å². The standard InChI is InChI=1S/C23H23Cl2N3O5/c24-16-8-9-17(18(25)10-16)23(32)27-11-19(29)26-12-21(31)33-13-20(30)28-22(15-6-7-15)14-4-2-1-3-5-14/h1-5,8-10,15,22H,6-7,11-13H2,(H,26,29)(H,27,32)(H,28,30). The van der Waals surface area contributed by atoms with E-state index in [9.17, 15) is 19.2 Å². The van der Waals surface area contributed by atoms with Crippen LogP contribution in [-0.4, -0.2) is 43.4 Å². The van der Waals surface area contributed by atoms with Crippen LogP contribution in [0, 0.1) is 5.92 Å². The highest BCUT2D eigenvalue weighted by Crippen LogP contribution is 2.40. The number of carbonyl (C=O) groups is 4. The Hall–Kier alpha value is -3.10. The molecule has 0 aliphatic heterocycles. The third-order valence-corrected chi connectivity index (χ3v) is 5.50. The molecule has 8 nitrogen and oxygen atoms in total. The van der Waals surface area contributed by atoms with E-state index in [0.29, 0.717) is 10.9 Å². The van der Waals surface area contributed by atoms with E-state index in [1.54, 1.807) is 0 Å². The van der Waals surface area contributed by atoms with Gasteiger partial charge in [0.05, 0.1) is 23.2 Å². The summed E-state index contributed by atoms with van der Waals surface area (Å²) in [4.78, 5) is 48.0. The summed E-state index contributed by atoms with van der Waals surface area (Å²) in [6.07, 6.45) is 2.07. The molecule has 2 aromatic carbocycles. The van der Waals surface area contributed by atoms with Gasteiger partial charge in [-0.05, 0) is 42.5 Å². The normalized spacial score (nSPS) is 13.5. The third kappa shape index (κ3) is 7.76. The molecule has 1 saturated carbocycles. The average Bonchev–Trinajstić information content (AvgIpc) is 3.64. The van der Waals surface area contributed by atoms with Gasteiger partial charge in [0.2, 0.25) is 5.91 Å². The first kappa shape index (κ1) is 24.5. The largest absolute Gasteiger partial charge is 0.454 e. The van der Waals surface area contributed by atoms with E-state index in [-0.39, 0.29) is 23.2 Å². The number of benzene rings is 2. The first-order valence-electron chi connectivity index (χ1n) is 10.3. The molecule has 3 amide bonds. The van der Waals surface area contributed by atoms with Crippen LogP contribution in [0.2, 0.25) is 10.0 Å². The van der Waals surface area contributed by atoms with Crippen molar-refractivity contribution in [3.8, 4) is 0 Å². The minimum Gasteiger partial charge on any atom is -0.454 e. The van der Waals surface area contributed by atoms with Gasteiger partial charge >= 0.3 is 5.97 Å². The number of carbonyl (C=O) groups excluding carboxylic acids is 4. The van der Waals surface area contributed by atoms with Gasteiger partial charge in [0.25, 0.3) is 11.8 Å². The molecule has 1 fully saturated rings. The highest BCUT2D eigenvalue weighted by Gasteiger charge is 2.33. The Balaban J connectivity index is 1.35. The molecule has 0 heterocycles. The van der Waals surface area contributed by atoms with Gasteiger partial charge in [-0.3, -0.25) is 19.2 Å². The Morgan fingerprint density at radius 2 is 1.67 bits per heavy atom. The monoisotopic (exact) mass is 491 g/mol. The van der Waals surface area contributed by atoms with E-state index in [1.807, 2.05) is 30.3 Å². The number of amides is 3. The van der Waals surface area contributed by atoms with Gasteiger partial charge in [0, 0.05) is 5.02 Å². The number of hydrogen-bond donors (Lipinski definition) is 3. The topological polar surface area (TPSA) is 114 Å². The SMILES string of the molecule is O=C(CNC(=O)c1ccc(Cl)cc1Cl)NCC(=O)OCC(=O)NC(c1ccccc1)C1CC1. The lowest BCUT2D eigenvalue weighted by Crippen LogP contribution is -2.40. The van der Waals surface area contributed by atoms with Crippen molar-refractivity contribution in [1.82, 2.24) is 16.0 Å². The van der Waals surface area contributed by atoms with E-state index >= 15 is 0 Å². The van der Waals surface area contributed by atoms with Gasteiger partial charge in [-0.1, -0.05) is 53.5 Å². The maximum atomic E-state index is 12.2. The lowest BCUT2D eigenvalue weighted by atomic mass is 10.0. The second-order valence-electron chi connectivity index (χ2n) is 7.54. The summed E-state index contributed by atoms with van der Waals surface area (Å²) >= 11 is 11.7. The predicted octanol–water partition coefficient (Wildman–Crippen LogP) is 2.65. The Bertz CT molecular complexity index is 1030. The molecular formula is C23H23Cl2N3O5. The van der Waals surface area contributed by atoms with Crippen LogP contribution in [0.25, 0.3) is 0 Å². The average molecular weight is 492 g/mol. The Labute approximate surface area is 201 Å². The molecule has 0 aromatic heterocycles. The molecule has 1 unspecified atom stereocenters. The fourth-order valence-corrected chi connectivity index (χ4v) is 3.63. The highest BCUT2D eigenvalue weighted by molar-refractivity contribution is 6.36. The van der Waals surface area contributed by atoms with Crippen molar-refractivity contribution >= 4 is 46.9 Å². The van der Waals surface area contributed by atoms with Gasteiger partial charge in [0.15, 0.2) is 6.61 Å². The molecule has 33 heavy (non-hydrogen) atoms. The summed E-state index contributed by atoms with van der Waals surface area (Å²) in [6.45, 7) is -1.25. The maximum absolute atomic E-state index is 12.2. The van der Waals surface area contributed by atoms with Crippen molar-refractivity contribution in [2.75, 3.05) is 19.7 Å². The summed E-state index contributed by atoms with van der Waals surface area (Å²) in [5.41, 5.74) is 1.17. The zero-order valence-corrected chi connectivity index (χ0v) is 19.1. The van der Waals surface area contributed by atoms with Crippen molar-refractivity contribution in [3.63, 3.8) is 0 Å². The minimum absolute atomic E-state index is 0.116. The van der Waals surface area contributed by atoms with Crippen molar-refractivity contribution in [1.29, 1.82) is 0 Å². The molecule has 2 aromatic rings. The summed E-state index contributed by atoms with van der Waals surface area (Å²) in [7, 11) is 0. The van der Waals surface area contributed by atoms with E-state index in [4.69, 9.17) is 27.9 Å². The molecule has 0 bridgehead atoms. The number of rotatable bonds is 10. The van der Waals surface area contributed by atoms with E-state index in [1.165, 1.54) is 18.2 Å². The zero-order valence-electron chi connectivity index (χ0n) is 17.6. The smallest absolute Gasteiger partial charge is 0.325 e. The van der Waals surface area contributed by atoms with Crippen molar-refractivity contribution < 1.29 is 23.9 Å². The van der Waals surface area contributed by atoms with E-state index in [2.05, 4.69) is 16.0 Å². The zero-order chi connectivity index (χ0) is 23.8. The molecule has 0 saturated heterocycles. The van der Waals surface area contributed by atoms with Gasteiger partial charge in [-0.25, -0.2) is 0 Å². The molecule has 3 N–H and O–H groups in total. The van der Waals surface area contributed by atoms with Crippen LogP contribution >= 0.6 is 23.2 Å². The number of esters is 1. The molecule has 3 rings (SSSR count). The predicted molar refractivity (Wildman–Crippen MR) is 123 cm³/mol. The first-order valence-corrected chi connectivity index (χ1v) is 11.1. The maximum Gasteiger partial charge on any atom is 0.325 e. The summed E-state index contributed by atoms with van der Waals surface area (Å²) in [6, 6.07) is 13.9. The molecule has 1 aliphatic rings. The number of ether oxygens (including phenoxy) is 1. The van der Waals surface area contributed by atoms with Crippen LogP contribution in [0.1, 0.15) is 34.8 Å². The Kier molecular flexibility index (Phi) is 8.68. The fourth-order valence-electron chi connectivity index (χ4n) is 3.14. The van der Waals surface area contributed by atoms with Gasteiger partial charge in [-0.2, -0.15) is 0 Å². The molecule has 0 radical (unpaired) electrons. The number of hydrogen-bond acceptors (Lipinski definition) is 5. The molecule has 0 spiro atoms. The van der Waals surface area contributed by atoms with E-state index < -0.39 is 36.8 Å². The molecule has 174 valence electrons. The van der Waals surface area contributed by atoms with Crippen molar-refractivity contribution in [3.05, 3.63) is 69.7 Å². The third-order valence-electron chi connectivity index (χ3n) is 4.95. The van der Waals surface area contributed by atoms with Crippen LogP contribution in [0.5, 0.6) is 0 Å². The van der Waals surface area contributed by atoms with Crippen molar-refractivity contribution in [2.45, 2.75) is 18.9 Å². The lowest BCUT2D eigenvalue weighted by molar-refractivity contribution is -0.148. The van der Waals surface area contributed by atoms with Crippen LogP contribution in [0.4, 0.5) is 0 Å². The fraction of sp³-hybridized carbons (Fsp3) is 0.304. The Morgan fingerprint density at radius 3 is 2.33 bits per heavy atom. The first-order chi connectivity index (χ1) is 15.8. The van der Waals surface area contributed by atoms with Crippen molar-refractivity contribution in [2.24, 2.45) is 5.92 Å². The number of halogens is 2. The Morgan fingerprint density at radius 1 is 0.939 bits per heavy atom. The van der Waals surface area contributed by atoms with Crippen LogP contribution < -0.4 is 16.0 Å². The van der Waals surface area contributed by atoms with Crippen LogP contribution in [0.15, 0.2) is 48.5 Å². The quantitative estimate of drug-likeness (QED) is 0.442. The van der Waals surface area contributed by atoms with E-state index in [0.717, 1.165) is 18.4 Å².